The van der Waals surface area contributed by atoms with Crippen molar-refractivity contribution in [3.8, 4) is 0 Å². The Morgan fingerprint density at radius 3 is 2.72 bits per heavy atom. The van der Waals surface area contributed by atoms with Crippen molar-refractivity contribution < 1.29 is 0 Å². The minimum atomic E-state index is 0.535. The van der Waals surface area contributed by atoms with E-state index in [4.69, 9.17) is 11.6 Å². The predicted molar refractivity (Wildman–Crippen MR) is 75.4 cm³/mol. The van der Waals surface area contributed by atoms with Crippen molar-refractivity contribution in [1.29, 1.82) is 0 Å². The van der Waals surface area contributed by atoms with Crippen LogP contribution in [0.5, 0.6) is 0 Å². The molecule has 0 N–H and O–H groups in total. The van der Waals surface area contributed by atoms with Gasteiger partial charge in [-0.05, 0) is 38.3 Å². The summed E-state index contributed by atoms with van der Waals surface area (Å²) in [5, 5.41) is 0.753. The van der Waals surface area contributed by atoms with Crippen LogP contribution >= 0.6 is 11.6 Å². The van der Waals surface area contributed by atoms with Crippen molar-refractivity contribution >= 4 is 17.4 Å². The molecule has 1 atom stereocenters. The normalized spacial score (nSPS) is 25.5. The maximum absolute atomic E-state index is 6.04. The van der Waals surface area contributed by atoms with Crippen LogP contribution in [0.1, 0.15) is 25.3 Å². The third kappa shape index (κ3) is 2.34. The topological polar surface area (TPSA) is 19.4 Å². The Morgan fingerprint density at radius 2 is 2.11 bits per heavy atom. The average Bonchev–Trinajstić information content (AvgIpc) is 3.17. The van der Waals surface area contributed by atoms with Crippen LogP contribution in [0.4, 0.5) is 5.82 Å². The second-order valence-corrected chi connectivity index (χ2v) is 5.97. The summed E-state index contributed by atoms with van der Waals surface area (Å²) in [6.45, 7) is 7.73. The lowest BCUT2D eigenvalue weighted by atomic mass is 10.1. The molecule has 1 aromatic rings. The highest BCUT2D eigenvalue weighted by molar-refractivity contribution is 6.31. The van der Waals surface area contributed by atoms with Gasteiger partial charge < -0.3 is 4.90 Å². The molecule has 0 bridgehead atoms. The van der Waals surface area contributed by atoms with E-state index < -0.39 is 0 Å². The molecule has 0 aromatic carbocycles. The zero-order valence-electron chi connectivity index (χ0n) is 11.1. The molecular weight excluding hydrogens is 246 g/mol. The zero-order valence-corrected chi connectivity index (χ0v) is 11.8. The van der Waals surface area contributed by atoms with Gasteiger partial charge in [-0.25, -0.2) is 4.98 Å². The lowest BCUT2D eigenvalue weighted by molar-refractivity contribution is 0.219. The highest BCUT2D eigenvalue weighted by Crippen LogP contribution is 2.30. The Bertz CT molecular complexity index is 445. The van der Waals surface area contributed by atoms with E-state index in [0.29, 0.717) is 6.04 Å². The lowest BCUT2D eigenvalue weighted by Gasteiger charge is -2.40. The van der Waals surface area contributed by atoms with Crippen molar-refractivity contribution in [2.24, 2.45) is 0 Å². The van der Waals surface area contributed by atoms with Gasteiger partial charge in [-0.1, -0.05) is 11.6 Å². The van der Waals surface area contributed by atoms with Crippen LogP contribution in [-0.2, 0) is 0 Å². The van der Waals surface area contributed by atoms with Crippen molar-refractivity contribution in [3.05, 3.63) is 22.8 Å². The van der Waals surface area contributed by atoms with Crippen LogP contribution in [-0.4, -0.2) is 41.6 Å². The molecule has 1 aromatic heterocycles. The van der Waals surface area contributed by atoms with Crippen LogP contribution in [0.15, 0.2) is 12.3 Å². The first-order valence-electron chi connectivity index (χ1n) is 6.78. The highest BCUT2D eigenvalue weighted by Gasteiger charge is 2.34. The predicted octanol–water partition coefficient (Wildman–Crippen LogP) is 2.72. The summed E-state index contributed by atoms with van der Waals surface area (Å²) in [6, 6.07) is 3.51. The van der Waals surface area contributed by atoms with Gasteiger partial charge in [-0.3, -0.25) is 4.90 Å². The first-order chi connectivity index (χ1) is 8.65. The van der Waals surface area contributed by atoms with Crippen molar-refractivity contribution in [2.45, 2.75) is 38.8 Å². The number of aryl methyl sites for hydroxylation is 1. The van der Waals surface area contributed by atoms with E-state index in [9.17, 15) is 0 Å². The zero-order chi connectivity index (χ0) is 12.7. The number of piperazine rings is 1. The second-order valence-electron chi connectivity index (χ2n) is 5.56. The maximum atomic E-state index is 6.04. The maximum Gasteiger partial charge on any atom is 0.129 e. The monoisotopic (exact) mass is 265 g/mol. The molecule has 0 spiro atoms. The lowest BCUT2D eigenvalue weighted by Crippen LogP contribution is -2.52. The Morgan fingerprint density at radius 1 is 1.33 bits per heavy atom. The molecule has 0 amide bonds. The number of hydrogen-bond donors (Lipinski definition) is 0. The fourth-order valence-corrected chi connectivity index (χ4v) is 2.88. The number of pyridine rings is 1. The molecule has 4 heteroatoms. The number of hydrogen-bond acceptors (Lipinski definition) is 3. The molecule has 18 heavy (non-hydrogen) atoms. The molecule has 3 nitrogen and oxygen atoms in total. The molecule has 3 rings (SSSR count). The SMILES string of the molecule is Cc1cc(N2CCN(C3CC3)C[C@@H]2C)ncc1Cl. The number of nitrogens with zero attached hydrogens (tertiary/aromatic N) is 3. The Kier molecular flexibility index (Phi) is 3.20. The van der Waals surface area contributed by atoms with E-state index in [1.807, 2.05) is 6.92 Å². The summed E-state index contributed by atoms with van der Waals surface area (Å²) in [5.41, 5.74) is 1.11. The fourth-order valence-electron chi connectivity index (χ4n) is 2.78. The van der Waals surface area contributed by atoms with E-state index in [-0.39, 0.29) is 0 Å². The number of halogens is 1. The minimum Gasteiger partial charge on any atom is -0.351 e. The molecule has 0 radical (unpaired) electrons. The summed E-state index contributed by atoms with van der Waals surface area (Å²) in [5.74, 6) is 1.07. The van der Waals surface area contributed by atoms with Crippen molar-refractivity contribution in [2.75, 3.05) is 24.5 Å². The van der Waals surface area contributed by atoms with Crippen molar-refractivity contribution in [3.63, 3.8) is 0 Å². The van der Waals surface area contributed by atoms with Gasteiger partial charge in [-0.2, -0.15) is 0 Å². The van der Waals surface area contributed by atoms with E-state index >= 15 is 0 Å². The summed E-state index contributed by atoms with van der Waals surface area (Å²) >= 11 is 6.04. The Balaban J connectivity index is 1.74. The molecule has 2 heterocycles. The molecule has 1 saturated carbocycles. The van der Waals surface area contributed by atoms with Gasteiger partial charge in [0.05, 0.1) is 5.02 Å². The number of rotatable bonds is 2. The summed E-state index contributed by atoms with van der Waals surface area (Å²) in [4.78, 5) is 9.51. The van der Waals surface area contributed by atoms with Gasteiger partial charge in [0, 0.05) is 37.9 Å². The van der Waals surface area contributed by atoms with Gasteiger partial charge in [0.15, 0.2) is 0 Å². The van der Waals surface area contributed by atoms with Crippen LogP contribution in [0.3, 0.4) is 0 Å². The third-order valence-corrected chi connectivity index (χ3v) is 4.44. The van der Waals surface area contributed by atoms with Crippen LogP contribution in [0.25, 0.3) is 0 Å². The smallest absolute Gasteiger partial charge is 0.129 e. The summed E-state index contributed by atoms with van der Waals surface area (Å²) < 4.78 is 0. The van der Waals surface area contributed by atoms with E-state index in [0.717, 1.165) is 35.5 Å². The third-order valence-electron chi connectivity index (χ3n) is 4.05. The van der Waals surface area contributed by atoms with Crippen molar-refractivity contribution in [1.82, 2.24) is 9.88 Å². The average molecular weight is 266 g/mol. The summed E-state index contributed by atoms with van der Waals surface area (Å²) in [6.07, 6.45) is 4.56. The molecule has 98 valence electrons. The Hall–Kier alpha value is -0.800. The number of aromatic nitrogens is 1. The highest BCUT2D eigenvalue weighted by atomic mass is 35.5. The largest absolute Gasteiger partial charge is 0.351 e. The number of anilines is 1. The molecule has 1 aliphatic carbocycles. The molecule has 2 aliphatic rings. The van der Waals surface area contributed by atoms with Crippen LogP contribution in [0, 0.1) is 6.92 Å². The van der Waals surface area contributed by atoms with E-state index in [1.54, 1.807) is 6.20 Å². The standard InChI is InChI=1S/C14H20ClN3/c1-10-7-14(16-8-13(10)15)18-6-5-17(9-11(18)2)12-3-4-12/h7-8,11-12H,3-6,9H2,1-2H3/t11-/m0/s1. The summed E-state index contributed by atoms with van der Waals surface area (Å²) in [7, 11) is 0. The molecule has 0 unspecified atom stereocenters. The first-order valence-corrected chi connectivity index (χ1v) is 7.16. The van der Waals surface area contributed by atoms with Gasteiger partial charge >= 0.3 is 0 Å². The fraction of sp³-hybridized carbons (Fsp3) is 0.643. The second kappa shape index (κ2) is 4.71. The van der Waals surface area contributed by atoms with Crippen LogP contribution in [0.2, 0.25) is 5.02 Å². The molecule has 2 fully saturated rings. The Labute approximate surface area is 114 Å². The first kappa shape index (κ1) is 12.2. The minimum absolute atomic E-state index is 0.535. The molecule has 1 saturated heterocycles. The van der Waals surface area contributed by atoms with Gasteiger partial charge in [0.25, 0.3) is 0 Å². The quantitative estimate of drug-likeness (QED) is 0.820. The van der Waals surface area contributed by atoms with Crippen LogP contribution < -0.4 is 4.90 Å². The molecular formula is C14H20ClN3. The molecule has 1 aliphatic heterocycles. The van der Waals surface area contributed by atoms with Gasteiger partial charge in [0.2, 0.25) is 0 Å². The van der Waals surface area contributed by atoms with E-state index in [1.165, 1.54) is 19.4 Å². The van der Waals surface area contributed by atoms with Gasteiger partial charge in [0.1, 0.15) is 5.82 Å². The van der Waals surface area contributed by atoms with E-state index in [2.05, 4.69) is 27.8 Å². The van der Waals surface area contributed by atoms with Gasteiger partial charge in [-0.15, -0.1) is 0 Å².